The van der Waals surface area contributed by atoms with Gasteiger partial charge in [0, 0.05) is 17.4 Å². The fourth-order valence-electron chi connectivity index (χ4n) is 6.32. The molecule has 0 amide bonds. The molecule has 4 rings (SSSR count). The number of esters is 1. The van der Waals surface area contributed by atoms with Gasteiger partial charge in [-0.25, -0.2) is 9.18 Å². The van der Waals surface area contributed by atoms with Gasteiger partial charge in [-0.2, -0.15) is 0 Å². The van der Waals surface area contributed by atoms with Crippen molar-refractivity contribution in [2.45, 2.75) is 90.1 Å². The summed E-state index contributed by atoms with van der Waals surface area (Å²) >= 11 is 0. The fourth-order valence-corrected chi connectivity index (χ4v) is 9.47. The van der Waals surface area contributed by atoms with E-state index in [9.17, 15) is 9.18 Å². The van der Waals surface area contributed by atoms with E-state index in [1.165, 1.54) is 23.3 Å². The van der Waals surface area contributed by atoms with Crippen LogP contribution in [0.5, 0.6) is 0 Å². The summed E-state index contributed by atoms with van der Waals surface area (Å²) in [5.41, 5.74) is 4.19. The van der Waals surface area contributed by atoms with Gasteiger partial charge in [-0.05, 0) is 81.4 Å². The average molecular weight is 457 g/mol. The summed E-state index contributed by atoms with van der Waals surface area (Å²) in [5, 5.41) is 0. The van der Waals surface area contributed by atoms with Crippen molar-refractivity contribution in [3.05, 3.63) is 52.4 Å². The van der Waals surface area contributed by atoms with E-state index >= 15 is 0 Å². The Bertz CT molecular complexity index is 922. The van der Waals surface area contributed by atoms with E-state index < -0.39 is 8.32 Å². The zero-order chi connectivity index (χ0) is 23.1. The van der Waals surface area contributed by atoms with Crippen molar-refractivity contribution in [3.63, 3.8) is 0 Å². The minimum absolute atomic E-state index is 0.0481. The minimum Gasteiger partial charge on any atom is -0.458 e. The molecule has 0 aromatic heterocycles. The van der Waals surface area contributed by atoms with Gasteiger partial charge in [0.05, 0.1) is 5.60 Å². The highest BCUT2D eigenvalue weighted by Crippen LogP contribution is 2.55. The predicted octanol–water partition coefficient (Wildman–Crippen LogP) is 7.05. The number of rotatable bonds is 6. The van der Waals surface area contributed by atoms with Crippen LogP contribution < -0.4 is 0 Å². The van der Waals surface area contributed by atoms with Crippen LogP contribution in [0.4, 0.5) is 4.39 Å². The van der Waals surface area contributed by atoms with Crippen LogP contribution in [0.3, 0.4) is 0 Å². The first kappa shape index (κ1) is 23.4. The van der Waals surface area contributed by atoms with Crippen LogP contribution in [-0.4, -0.2) is 26.0 Å². The Morgan fingerprint density at radius 3 is 2.44 bits per heavy atom. The van der Waals surface area contributed by atoms with E-state index in [0.717, 1.165) is 55.0 Å². The number of hydrogen-bond donors (Lipinski definition) is 0. The molecule has 174 valence electrons. The minimum atomic E-state index is -1.83. The molecule has 3 nitrogen and oxygen atoms in total. The molecule has 32 heavy (non-hydrogen) atoms. The van der Waals surface area contributed by atoms with Crippen LogP contribution in [0, 0.1) is 17.7 Å². The first-order chi connectivity index (χ1) is 15.3. The van der Waals surface area contributed by atoms with Crippen molar-refractivity contribution in [3.8, 4) is 0 Å². The van der Waals surface area contributed by atoms with Crippen LogP contribution in [-0.2, 0) is 14.0 Å². The SMILES string of the molecule is CC[Si](CC)(CC)O[C@]1(C)CCC2=C(C)CC[C@H]3/C(=C\c4ccc(F)cc4)C(=O)O[C@@H]3[C@H]21. The van der Waals surface area contributed by atoms with Gasteiger partial charge in [0.1, 0.15) is 11.9 Å². The second-order valence-corrected chi connectivity index (χ2v) is 14.8. The van der Waals surface area contributed by atoms with Crippen molar-refractivity contribution in [2.75, 3.05) is 0 Å². The Hall–Kier alpha value is -1.72. The zero-order valence-electron chi connectivity index (χ0n) is 20.2. The second kappa shape index (κ2) is 8.90. The normalized spacial score (nSPS) is 31.5. The molecule has 4 atom stereocenters. The van der Waals surface area contributed by atoms with Gasteiger partial charge in [-0.3, -0.25) is 0 Å². The largest absolute Gasteiger partial charge is 0.458 e. The average Bonchev–Trinajstić information content (AvgIpc) is 3.23. The summed E-state index contributed by atoms with van der Waals surface area (Å²) in [4.78, 5) is 13.0. The molecule has 0 bridgehead atoms. The third-order valence-corrected chi connectivity index (χ3v) is 13.2. The first-order valence-corrected chi connectivity index (χ1v) is 14.9. The maximum Gasteiger partial charge on any atom is 0.334 e. The molecule has 3 aliphatic rings. The van der Waals surface area contributed by atoms with Crippen molar-refractivity contribution in [1.29, 1.82) is 0 Å². The summed E-state index contributed by atoms with van der Waals surface area (Å²) in [7, 11) is -1.83. The fraction of sp³-hybridized carbons (Fsp3) is 0.593. The summed E-state index contributed by atoms with van der Waals surface area (Å²) in [6.07, 6.45) is 5.65. The maximum absolute atomic E-state index is 13.4. The predicted molar refractivity (Wildman–Crippen MR) is 129 cm³/mol. The molecule has 0 spiro atoms. The number of ether oxygens (including phenoxy) is 1. The van der Waals surface area contributed by atoms with E-state index in [4.69, 9.17) is 9.16 Å². The van der Waals surface area contributed by atoms with E-state index in [-0.39, 0.29) is 35.3 Å². The molecule has 1 saturated heterocycles. The van der Waals surface area contributed by atoms with Crippen LogP contribution in [0.1, 0.15) is 65.9 Å². The summed E-state index contributed by atoms with van der Waals surface area (Å²) < 4.78 is 26.7. The number of carbonyl (C=O) groups excluding carboxylic acids is 1. The highest BCUT2D eigenvalue weighted by molar-refractivity contribution is 6.73. The van der Waals surface area contributed by atoms with Crippen molar-refractivity contribution < 1.29 is 18.3 Å². The molecule has 0 unspecified atom stereocenters. The molecular weight excluding hydrogens is 419 g/mol. The molecule has 1 aromatic carbocycles. The lowest BCUT2D eigenvalue weighted by Crippen LogP contribution is -2.51. The van der Waals surface area contributed by atoms with Crippen molar-refractivity contribution in [2.24, 2.45) is 11.8 Å². The molecule has 2 fully saturated rings. The van der Waals surface area contributed by atoms with Crippen LogP contribution >= 0.6 is 0 Å². The maximum atomic E-state index is 13.4. The van der Waals surface area contributed by atoms with Crippen molar-refractivity contribution in [1.82, 2.24) is 0 Å². The summed E-state index contributed by atoms with van der Waals surface area (Å²) in [6, 6.07) is 9.67. The third kappa shape index (κ3) is 4.03. The van der Waals surface area contributed by atoms with E-state index in [2.05, 4.69) is 34.6 Å². The molecule has 0 radical (unpaired) electrons. The summed E-state index contributed by atoms with van der Waals surface area (Å²) in [5.74, 6) is -0.323. The zero-order valence-corrected chi connectivity index (χ0v) is 21.2. The van der Waals surface area contributed by atoms with Gasteiger partial charge in [0.2, 0.25) is 0 Å². The number of carbonyl (C=O) groups is 1. The highest BCUT2D eigenvalue weighted by atomic mass is 28.4. The highest BCUT2D eigenvalue weighted by Gasteiger charge is 2.57. The van der Waals surface area contributed by atoms with Gasteiger partial charge in [-0.1, -0.05) is 44.1 Å². The Morgan fingerprint density at radius 2 is 1.81 bits per heavy atom. The molecule has 1 aliphatic heterocycles. The molecule has 1 heterocycles. The lowest BCUT2D eigenvalue weighted by atomic mass is 9.79. The molecule has 5 heteroatoms. The quantitative estimate of drug-likeness (QED) is 0.199. The Balaban J connectivity index is 1.72. The number of allylic oxidation sites excluding steroid dienone is 1. The smallest absolute Gasteiger partial charge is 0.334 e. The molecular formula is C27H37FO3Si. The second-order valence-electron chi connectivity index (χ2n) is 10.1. The number of hydrogen-bond acceptors (Lipinski definition) is 3. The van der Waals surface area contributed by atoms with Crippen LogP contribution in [0.15, 0.2) is 41.0 Å². The van der Waals surface area contributed by atoms with Crippen LogP contribution in [0.25, 0.3) is 6.08 Å². The Morgan fingerprint density at radius 1 is 1.16 bits per heavy atom. The summed E-state index contributed by atoms with van der Waals surface area (Å²) in [6.45, 7) is 11.3. The first-order valence-electron chi connectivity index (χ1n) is 12.3. The number of benzene rings is 1. The number of fused-ring (bicyclic) bond motifs is 3. The van der Waals surface area contributed by atoms with Crippen LogP contribution in [0.2, 0.25) is 18.1 Å². The van der Waals surface area contributed by atoms with E-state index in [1.807, 2.05) is 6.08 Å². The molecule has 1 aromatic rings. The monoisotopic (exact) mass is 456 g/mol. The van der Waals surface area contributed by atoms with Gasteiger partial charge in [0.25, 0.3) is 0 Å². The van der Waals surface area contributed by atoms with Gasteiger partial charge >= 0.3 is 5.97 Å². The Kier molecular flexibility index (Phi) is 6.52. The van der Waals surface area contributed by atoms with Crippen molar-refractivity contribution >= 4 is 20.4 Å². The number of halogens is 1. The lowest BCUT2D eigenvalue weighted by molar-refractivity contribution is -0.143. The molecule has 1 saturated carbocycles. The molecule has 0 N–H and O–H groups in total. The van der Waals surface area contributed by atoms with E-state index in [1.54, 1.807) is 12.1 Å². The van der Waals surface area contributed by atoms with Gasteiger partial charge in [0.15, 0.2) is 8.32 Å². The molecule has 2 aliphatic carbocycles. The Labute approximate surface area is 193 Å². The van der Waals surface area contributed by atoms with E-state index in [0.29, 0.717) is 0 Å². The standard InChI is InChI=1S/C27H37FO3Si/c1-6-32(7-2,8-3)31-27(5)16-15-21-18(4)9-14-22-23(26(29)30-25(22)24(21)27)17-19-10-12-20(28)13-11-19/h10-13,17,22,24-25H,6-9,14-16H2,1-5H3/b23-17+/t22-,24-,25-,27+/m0/s1. The topological polar surface area (TPSA) is 35.5 Å². The van der Waals surface area contributed by atoms with Gasteiger partial charge in [-0.15, -0.1) is 0 Å². The van der Waals surface area contributed by atoms with Gasteiger partial charge < -0.3 is 9.16 Å². The lowest BCUT2D eigenvalue weighted by Gasteiger charge is -2.43. The third-order valence-electron chi connectivity index (χ3n) is 8.48.